The van der Waals surface area contributed by atoms with Crippen LogP contribution in [-0.4, -0.2) is 28.9 Å². The lowest BCUT2D eigenvalue weighted by Gasteiger charge is -1.97. The van der Waals surface area contributed by atoms with E-state index in [-0.39, 0.29) is 0 Å². The maximum absolute atomic E-state index is 10.7. The second-order valence-electron chi connectivity index (χ2n) is 2.06. The van der Waals surface area contributed by atoms with Gasteiger partial charge in [0.1, 0.15) is 5.82 Å². The van der Waals surface area contributed by atoms with E-state index in [1.807, 2.05) is 0 Å². The number of aromatic amines is 1. The third kappa shape index (κ3) is 3.37. The molecule has 0 atom stereocenters. The molecule has 0 saturated heterocycles. The van der Waals surface area contributed by atoms with Crippen molar-refractivity contribution in [1.82, 2.24) is 15.4 Å². The molecule has 1 aromatic rings. The molecule has 0 saturated carbocycles. The van der Waals surface area contributed by atoms with E-state index in [9.17, 15) is 4.79 Å². The number of aromatic nitrogens is 2. The van der Waals surface area contributed by atoms with Crippen LogP contribution in [0.1, 0.15) is 12.7 Å². The predicted octanol–water partition coefficient (Wildman–Crippen LogP) is 0.490. The van der Waals surface area contributed by atoms with Gasteiger partial charge in [-0.15, -0.1) is 0 Å². The molecule has 0 radical (unpaired) electrons. The number of rotatable bonds is 3. The van der Waals surface area contributed by atoms with Crippen LogP contribution in [0.5, 0.6) is 0 Å². The van der Waals surface area contributed by atoms with E-state index >= 15 is 0 Å². The van der Waals surface area contributed by atoms with Gasteiger partial charge in [-0.3, -0.25) is 0 Å². The first-order valence-corrected chi connectivity index (χ1v) is 3.78. The summed E-state index contributed by atoms with van der Waals surface area (Å²) in [6, 6.07) is 0. The molecular weight excluding hydrogens is 172 g/mol. The van der Waals surface area contributed by atoms with Gasteiger partial charge >= 0.3 is 6.09 Å². The molecule has 0 bridgehead atoms. The Kier molecular flexibility index (Phi) is 3.49. The van der Waals surface area contributed by atoms with Crippen LogP contribution >= 0.6 is 0 Å². The molecule has 2 N–H and O–H groups in total. The minimum Gasteiger partial charge on any atom is -0.449 e. The Bertz CT molecular complexity index is 281. The first-order valence-electron chi connectivity index (χ1n) is 3.78. The number of hydrogen-bond acceptors (Lipinski definition) is 4. The van der Waals surface area contributed by atoms with Crippen molar-refractivity contribution in [3.63, 3.8) is 0 Å². The SMILES string of the molecule is CCOC(=O)N/N=C/c1ncc[nH]1. The number of carbonyl (C=O) groups excluding carboxylic acids is 1. The van der Waals surface area contributed by atoms with Crippen LogP contribution in [0, 0.1) is 0 Å². The minimum atomic E-state index is -0.578. The van der Waals surface area contributed by atoms with Crippen molar-refractivity contribution in [3.05, 3.63) is 18.2 Å². The second kappa shape index (κ2) is 4.91. The van der Waals surface area contributed by atoms with Crippen LogP contribution in [0.15, 0.2) is 17.5 Å². The number of amides is 1. The highest BCUT2D eigenvalue weighted by Crippen LogP contribution is 1.81. The summed E-state index contributed by atoms with van der Waals surface area (Å²) in [5.74, 6) is 0.566. The van der Waals surface area contributed by atoms with Crippen molar-refractivity contribution in [2.24, 2.45) is 5.10 Å². The maximum Gasteiger partial charge on any atom is 0.427 e. The van der Waals surface area contributed by atoms with E-state index in [0.717, 1.165) is 0 Å². The quantitative estimate of drug-likeness (QED) is 0.527. The molecule has 0 fully saturated rings. The fourth-order valence-corrected chi connectivity index (χ4v) is 0.658. The molecule has 1 amide bonds. The highest BCUT2D eigenvalue weighted by Gasteiger charge is 1.95. The molecule has 1 heterocycles. The molecule has 13 heavy (non-hydrogen) atoms. The summed E-state index contributed by atoms with van der Waals surface area (Å²) in [5.41, 5.74) is 2.17. The molecule has 6 heteroatoms. The van der Waals surface area contributed by atoms with Crippen molar-refractivity contribution in [1.29, 1.82) is 0 Å². The van der Waals surface area contributed by atoms with Crippen LogP contribution in [0.25, 0.3) is 0 Å². The summed E-state index contributed by atoms with van der Waals surface area (Å²) < 4.78 is 4.57. The number of hydrogen-bond donors (Lipinski definition) is 2. The Morgan fingerprint density at radius 1 is 1.92 bits per heavy atom. The Morgan fingerprint density at radius 2 is 2.77 bits per heavy atom. The smallest absolute Gasteiger partial charge is 0.427 e. The van der Waals surface area contributed by atoms with E-state index in [2.05, 4.69) is 25.2 Å². The molecule has 0 aliphatic carbocycles. The van der Waals surface area contributed by atoms with Crippen LogP contribution in [0.4, 0.5) is 4.79 Å². The van der Waals surface area contributed by atoms with Gasteiger partial charge < -0.3 is 9.72 Å². The van der Waals surface area contributed by atoms with E-state index in [1.165, 1.54) is 6.21 Å². The first kappa shape index (κ1) is 9.24. The largest absolute Gasteiger partial charge is 0.449 e. The van der Waals surface area contributed by atoms with E-state index in [0.29, 0.717) is 12.4 Å². The molecule has 0 aromatic carbocycles. The first-order chi connectivity index (χ1) is 6.33. The highest BCUT2D eigenvalue weighted by atomic mass is 16.5. The van der Waals surface area contributed by atoms with Crippen LogP contribution in [0.2, 0.25) is 0 Å². The zero-order valence-electron chi connectivity index (χ0n) is 7.15. The Balaban J connectivity index is 2.30. The summed E-state index contributed by atoms with van der Waals surface area (Å²) in [4.78, 5) is 17.3. The second-order valence-corrected chi connectivity index (χ2v) is 2.06. The summed E-state index contributed by atoms with van der Waals surface area (Å²) in [5, 5.41) is 3.59. The maximum atomic E-state index is 10.7. The fraction of sp³-hybridized carbons (Fsp3) is 0.286. The predicted molar refractivity (Wildman–Crippen MR) is 46.3 cm³/mol. The molecule has 1 rings (SSSR count). The number of imidazole rings is 1. The lowest BCUT2D eigenvalue weighted by Crippen LogP contribution is -2.18. The Labute approximate surface area is 75.0 Å². The molecule has 70 valence electrons. The third-order valence-electron chi connectivity index (χ3n) is 1.14. The lowest BCUT2D eigenvalue weighted by atomic mass is 10.7. The van der Waals surface area contributed by atoms with Gasteiger partial charge in [0.05, 0.1) is 12.8 Å². The van der Waals surface area contributed by atoms with Gasteiger partial charge in [-0.25, -0.2) is 15.2 Å². The van der Waals surface area contributed by atoms with Crippen molar-refractivity contribution >= 4 is 12.3 Å². The van der Waals surface area contributed by atoms with Crippen molar-refractivity contribution < 1.29 is 9.53 Å². The fourth-order valence-electron chi connectivity index (χ4n) is 0.658. The molecule has 1 aromatic heterocycles. The van der Waals surface area contributed by atoms with Crippen molar-refractivity contribution in [2.75, 3.05) is 6.61 Å². The number of carbonyl (C=O) groups is 1. The monoisotopic (exact) mass is 182 g/mol. The number of H-pyrrole nitrogens is 1. The summed E-state index contributed by atoms with van der Waals surface area (Å²) in [6.07, 6.45) is 4.05. The molecule has 0 aliphatic rings. The van der Waals surface area contributed by atoms with Gasteiger partial charge in [0.15, 0.2) is 0 Å². The highest BCUT2D eigenvalue weighted by molar-refractivity contribution is 5.76. The number of hydrazone groups is 1. The van der Waals surface area contributed by atoms with E-state index in [1.54, 1.807) is 19.3 Å². The molecular formula is C7H10N4O2. The number of ether oxygens (including phenoxy) is 1. The van der Waals surface area contributed by atoms with Crippen LogP contribution < -0.4 is 5.43 Å². The Hall–Kier alpha value is -1.85. The molecule has 0 spiro atoms. The minimum absolute atomic E-state index is 0.322. The van der Waals surface area contributed by atoms with Gasteiger partial charge in [-0.05, 0) is 6.92 Å². The van der Waals surface area contributed by atoms with E-state index in [4.69, 9.17) is 0 Å². The molecule has 6 nitrogen and oxygen atoms in total. The van der Waals surface area contributed by atoms with Gasteiger partial charge in [-0.2, -0.15) is 5.10 Å². The number of nitrogens with one attached hydrogen (secondary N) is 2. The molecule has 0 unspecified atom stereocenters. The van der Waals surface area contributed by atoms with Gasteiger partial charge in [0.25, 0.3) is 0 Å². The van der Waals surface area contributed by atoms with Crippen LogP contribution in [-0.2, 0) is 4.74 Å². The zero-order valence-corrected chi connectivity index (χ0v) is 7.15. The topological polar surface area (TPSA) is 79.4 Å². The summed E-state index contributed by atoms with van der Waals surface area (Å²) in [7, 11) is 0. The lowest BCUT2D eigenvalue weighted by molar-refractivity contribution is 0.152. The zero-order chi connectivity index (χ0) is 9.52. The number of nitrogens with zero attached hydrogens (tertiary/aromatic N) is 2. The van der Waals surface area contributed by atoms with Gasteiger partial charge in [0, 0.05) is 12.4 Å². The Morgan fingerprint density at radius 3 is 3.38 bits per heavy atom. The normalized spacial score (nSPS) is 10.2. The standard InChI is InChI=1S/C7H10N4O2/c1-2-13-7(12)11-10-5-6-8-3-4-9-6/h3-5H,2H2,1H3,(H,8,9)(H,11,12)/b10-5+. The van der Waals surface area contributed by atoms with Gasteiger partial charge in [-0.1, -0.05) is 0 Å². The van der Waals surface area contributed by atoms with E-state index < -0.39 is 6.09 Å². The average Bonchev–Trinajstić information content (AvgIpc) is 2.57. The third-order valence-corrected chi connectivity index (χ3v) is 1.14. The molecule has 0 aliphatic heterocycles. The van der Waals surface area contributed by atoms with Crippen LogP contribution in [0.3, 0.4) is 0 Å². The van der Waals surface area contributed by atoms with Gasteiger partial charge in [0.2, 0.25) is 0 Å². The summed E-state index contributed by atoms with van der Waals surface area (Å²) >= 11 is 0. The summed E-state index contributed by atoms with van der Waals surface area (Å²) in [6.45, 7) is 2.04. The van der Waals surface area contributed by atoms with Crippen molar-refractivity contribution in [3.8, 4) is 0 Å². The van der Waals surface area contributed by atoms with Crippen molar-refractivity contribution in [2.45, 2.75) is 6.92 Å². The average molecular weight is 182 g/mol.